The molecule has 1 amide bonds. The average Bonchev–Trinajstić information content (AvgIpc) is 2.85. The van der Waals surface area contributed by atoms with Crippen molar-refractivity contribution in [3.8, 4) is 0 Å². The van der Waals surface area contributed by atoms with E-state index in [-0.39, 0.29) is 5.91 Å². The molecule has 7 heteroatoms. The molecule has 0 fully saturated rings. The first-order chi connectivity index (χ1) is 9.40. The molecule has 0 spiro atoms. The number of amides is 1. The monoisotopic (exact) mass is 293 g/mol. The molecule has 0 aliphatic carbocycles. The number of carboxylic acid groups (broad SMARTS) is 1. The van der Waals surface area contributed by atoms with Crippen molar-refractivity contribution in [2.24, 2.45) is 14.1 Å². The van der Waals surface area contributed by atoms with Crippen LogP contribution in [-0.4, -0.2) is 23.5 Å². The summed E-state index contributed by atoms with van der Waals surface area (Å²) in [5.74, 6) is -1.11. The van der Waals surface area contributed by atoms with Gasteiger partial charge < -0.3 is 10.4 Å². The summed E-state index contributed by atoms with van der Waals surface area (Å²) in [4.78, 5) is 22.9. The van der Waals surface area contributed by atoms with Crippen molar-refractivity contribution in [2.75, 3.05) is 6.54 Å². The number of rotatable bonds is 5. The van der Waals surface area contributed by atoms with Gasteiger partial charge in [-0.25, -0.2) is 0 Å². The molecule has 0 bridgehead atoms. The van der Waals surface area contributed by atoms with Gasteiger partial charge >= 0.3 is 5.97 Å². The second-order valence-corrected chi connectivity index (χ2v) is 5.69. The number of benzene rings is 1. The van der Waals surface area contributed by atoms with Gasteiger partial charge in [-0.15, -0.1) is 0 Å². The number of nitrogens with one attached hydrogen (secondary N) is 1. The highest BCUT2D eigenvalue weighted by molar-refractivity contribution is 7.58. The number of nitrogens with zero attached hydrogens (tertiary/aromatic N) is 2. The fourth-order valence-corrected chi connectivity index (χ4v) is 2.14. The van der Waals surface area contributed by atoms with Crippen molar-refractivity contribution in [2.45, 2.75) is 20.3 Å². The lowest BCUT2D eigenvalue weighted by Crippen LogP contribution is -2.31. The number of hydrogen-bond acceptors (Lipinski definition) is 4. The van der Waals surface area contributed by atoms with Gasteiger partial charge in [-0.3, -0.25) is 9.59 Å². The third-order valence-electron chi connectivity index (χ3n) is 3.13. The molecular formula is C13H15N3O3S. The number of carboxylic acids is 1. The molecule has 0 saturated heterocycles. The van der Waals surface area contributed by atoms with Crippen molar-refractivity contribution >= 4 is 34.6 Å². The maximum absolute atomic E-state index is 12.0. The normalized spacial score (nSPS) is 12.7. The molecule has 1 heterocycles. The van der Waals surface area contributed by atoms with Crippen LogP contribution in [0.25, 0.3) is 0 Å². The van der Waals surface area contributed by atoms with Crippen LogP contribution in [0.15, 0.2) is 26.9 Å². The fraction of sp³-hybridized carbons (Fsp3) is 0.385. The predicted octanol–water partition coefficient (Wildman–Crippen LogP) is 2.64. The second-order valence-electron chi connectivity index (χ2n) is 5.16. The van der Waals surface area contributed by atoms with Gasteiger partial charge in [0, 0.05) is 12.1 Å². The van der Waals surface area contributed by atoms with E-state index >= 15 is 0 Å². The lowest BCUT2D eigenvalue weighted by Gasteiger charge is -2.18. The third-order valence-corrected chi connectivity index (χ3v) is 3.69. The molecule has 106 valence electrons. The summed E-state index contributed by atoms with van der Waals surface area (Å²) in [5, 5.41) is 11.7. The molecule has 0 atom stereocenters. The highest BCUT2D eigenvalue weighted by Crippen LogP contribution is 2.32. The third kappa shape index (κ3) is 3.11. The Kier molecular flexibility index (Phi) is 3.99. The van der Waals surface area contributed by atoms with E-state index in [1.807, 2.05) is 0 Å². The largest absolute Gasteiger partial charge is 0.481 e. The van der Waals surface area contributed by atoms with E-state index in [4.69, 9.17) is 5.11 Å². The van der Waals surface area contributed by atoms with E-state index in [2.05, 4.69) is 14.0 Å². The summed E-state index contributed by atoms with van der Waals surface area (Å²) >= 11 is 1.10. The highest BCUT2D eigenvalue weighted by Gasteiger charge is 2.26. The summed E-state index contributed by atoms with van der Waals surface area (Å²) in [6, 6.07) is 5.10. The molecule has 6 nitrogen and oxygen atoms in total. The number of aliphatic carboxylic acids is 1. The van der Waals surface area contributed by atoms with Crippen LogP contribution in [0, 0.1) is 5.41 Å². The van der Waals surface area contributed by atoms with Crippen LogP contribution in [0.2, 0.25) is 0 Å². The molecule has 0 saturated carbocycles. The minimum absolute atomic E-state index is 0.235. The molecule has 1 aromatic carbocycles. The molecule has 1 aliphatic rings. The first-order valence-corrected chi connectivity index (χ1v) is 6.87. The minimum Gasteiger partial charge on any atom is -0.481 e. The van der Waals surface area contributed by atoms with Crippen molar-refractivity contribution in [3.05, 3.63) is 23.8 Å². The summed E-state index contributed by atoms with van der Waals surface area (Å²) < 4.78 is 8.14. The maximum atomic E-state index is 12.0. The van der Waals surface area contributed by atoms with Crippen LogP contribution in [-0.2, 0) is 16.1 Å². The lowest BCUT2D eigenvalue weighted by molar-refractivity contribution is -0.147. The zero-order valence-electron chi connectivity index (χ0n) is 11.2. The van der Waals surface area contributed by atoms with Gasteiger partial charge in [0.25, 0.3) is 5.91 Å². The number of carbonyl (C=O) groups excluding carboxylic acids is 1. The quantitative estimate of drug-likeness (QED) is 0.887. The molecular weight excluding hydrogens is 278 g/mol. The van der Waals surface area contributed by atoms with Crippen LogP contribution in [0.1, 0.15) is 30.6 Å². The first kappa shape index (κ1) is 14.4. The van der Waals surface area contributed by atoms with Gasteiger partial charge in [-0.1, -0.05) is 0 Å². The Morgan fingerprint density at radius 2 is 2.00 bits per heavy atom. The fourth-order valence-electron chi connectivity index (χ4n) is 1.62. The van der Waals surface area contributed by atoms with Crippen LogP contribution < -0.4 is 5.32 Å². The zero-order chi connectivity index (χ0) is 14.8. The summed E-state index contributed by atoms with van der Waals surface area (Å²) in [6.45, 7) is 3.58. The Morgan fingerprint density at radius 1 is 1.30 bits per heavy atom. The summed E-state index contributed by atoms with van der Waals surface area (Å²) in [7, 11) is 0. The van der Waals surface area contributed by atoms with Crippen LogP contribution in [0.4, 0.5) is 11.4 Å². The van der Waals surface area contributed by atoms with Gasteiger partial charge in [-0.2, -0.15) is 8.73 Å². The van der Waals surface area contributed by atoms with E-state index in [1.165, 1.54) is 0 Å². The Bertz CT molecular complexity index is 634. The van der Waals surface area contributed by atoms with Gasteiger partial charge in [0.2, 0.25) is 0 Å². The SMILES string of the molecule is CC(C)(CCNC(=O)c1ccc2c(c1)N=S=N2)C(=O)O. The Labute approximate surface area is 120 Å². The molecule has 0 unspecified atom stereocenters. The van der Waals surface area contributed by atoms with Crippen molar-refractivity contribution < 1.29 is 14.7 Å². The number of fused-ring (bicyclic) bond motifs is 1. The Morgan fingerprint density at radius 3 is 2.70 bits per heavy atom. The van der Waals surface area contributed by atoms with Crippen LogP contribution in [0.5, 0.6) is 0 Å². The lowest BCUT2D eigenvalue weighted by atomic mass is 9.90. The molecule has 2 N–H and O–H groups in total. The van der Waals surface area contributed by atoms with Gasteiger partial charge in [0.15, 0.2) is 0 Å². The van der Waals surface area contributed by atoms with Gasteiger partial charge in [0.1, 0.15) is 11.4 Å². The van der Waals surface area contributed by atoms with Crippen molar-refractivity contribution in [1.82, 2.24) is 5.32 Å². The maximum Gasteiger partial charge on any atom is 0.309 e. The minimum atomic E-state index is -0.873. The predicted molar refractivity (Wildman–Crippen MR) is 76.4 cm³/mol. The molecule has 20 heavy (non-hydrogen) atoms. The highest BCUT2D eigenvalue weighted by atomic mass is 32.1. The molecule has 1 aromatic rings. The summed E-state index contributed by atoms with van der Waals surface area (Å²) in [6.07, 6.45) is 0.370. The van der Waals surface area contributed by atoms with E-state index in [0.717, 1.165) is 17.0 Å². The van der Waals surface area contributed by atoms with Gasteiger partial charge in [-0.05, 0) is 38.5 Å². The van der Waals surface area contributed by atoms with E-state index in [9.17, 15) is 9.59 Å². The molecule has 0 aromatic heterocycles. The Hall–Kier alpha value is -2.02. The molecule has 0 radical (unpaired) electrons. The molecule has 1 aliphatic heterocycles. The number of hydrogen-bond donors (Lipinski definition) is 2. The molecule has 2 rings (SSSR count). The van der Waals surface area contributed by atoms with Crippen molar-refractivity contribution in [1.29, 1.82) is 0 Å². The van der Waals surface area contributed by atoms with Gasteiger partial charge in [0.05, 0.1) is 16.8 Å². The summed E-state index contributed by atoms with van der Waals surface area (Å²) in [5.41, 5.74) is 1.10. The number of carbonyl (C=O) groups is 2. The van der Waals surface area contributed by atoms with E-state index in [1.54, 1.807) is 32.0 Å². The zero-order valence-corrected chi connectivity index (χ0v) is 12.0. The Balaban J connectivity index is 1.93. The average molecular weight is 293 g/mol. The van der Waals surface area contributed by atoms with Crippen LogP contribution in [0.3, 0.4) is 0 Å². The van der Waals surface area contributed by atoms with Crippen LogP contribution >= 0.6 is 0 Å². The van der Waals surface area contributed by atoms with E-state index in [0.29, 0.717) is 24.2 Å². The van der Waals surface area contributed by atoms with Crippen molar-refractivity contribution in [3.63, 3.8) is 0 Å². The topological polar surface area (TPSA) is 91.1 Å². The smallest absolute Gasteiger partial charge is 0.309 e. The standard InChI is InChI=1S/C13H15N3O3S/c1-13(2,12(18)19)5-6-14-11(17)8-3-4-9-10(7-8)16-20-15-9/h3-4,7H,5-6H2,1-2H3,(H,14,17)(H,18,19). The second kappa shape index (κ2) is 5.54. The van der Waals surface area contributed by atoms with E-state index < -0.39 is 11.4 Å². The first-order valence-electron chi connectivity index (χ1n) is 6.14.